The van der Waals surface area contributed by atoms with E-state index in [1.807, 2.05) is 45.9 Å². The molecule has 0 saturated heterocycles. The van der Waals surface area contributed by atoms with Crippen molar-refractivity contribution in [2.75, 3.05) is 13.7 Å². The Morgan fingerprint density at radius 1 is 1.18 bits per heavy atom. The number of hydrogen-bond donors (Lipinski definition) is 0. The molecule has 5 rings (SSSR count). The summed E-state index contributed by atoms with van der Waals surface area (Å²) >= 11 is 7.82. The Morgan fingerprint density at radius 2 is 1.95 bits per heavy atom. The molecule has 0 amide bonds. The first kappa shape index (κ1) is 28.8. The van der Waals surface area contributed by atoms with Gasteiger partial charge in [-0.1, -0.05) is 32.4 Å². The lowest BCUT2D eigenvalue weighted by atomic mass is 9.88. The summed E-state index contributed by atoms with van der Waals surface area (Å²) in [5.74, 6) is 1.41. The van der Waals surface area contributed by atoms with Gasteiger partial charge in [-0.3, -0.25) is 14.3 Å². The van der Waals surface area contributed by atoms with Crippen molar-refractivity contribution in [3.8, 4) is 16.9 Å². The smallest absolute Gasteiger partial charge is 0.340 e. The van der Waals surface area contributed by atoms with Crippen LogP contribution in [0.2, 0.25) is 5.02 Å². The summed E-state index contributed by atoms with van der Waals surface area (Å²) in [5, 5.41) is 2.33. The van der Waals surface area contributed by atoms with Crippen LogP contribution in [0, 0.1) is 19.8 Å². The van der Waals surface area contributed by atoms with Crippen molar-refractivity contribution in [2.24, 2.45) is 5.92 Å². The van der Waals surface area contributed by atoms with Crippen LogP contribution in [0.25, 0.3) is 21.3 Å². The maximum atomic E-state index is 13.2. The lowest BCUT2D eigenvalue weighted by Crippen LogP contribution is -2.33. The van der Waals surface area contributed by atoms with Gasteiger partial charge in [-0.15, -0.1) is 11.3 Å². The number of methoxy groups -OCH3 is 1. The van der Waals surface area contributed by atoms with Gasteiger partial charge >= 0.3 is 5.97 Å². The lowest BCUT2D eigenvalue weighted by molar-refractivity contribution is 0.0603. The zero-order valence-electron chi connectivity index (χ0n) is 23.3. The van der Waals surface area contributed by atoms with E-state index >= 15 is 0 Å². The Balaban J connectivity index is 0.00000172. The first-order valence-electron chi connectivity index (χ1n) is 13.3. The number of thiophene rings is 1. The lowest BCUT2D eigenvalue weighted by Gasteiger charge is -2.22. The van der Waals surface area contributed by atoms with Gasteiger partial charge in [0, 0.05) is 32.8 Å². The number of aryl methyl sites for hydroxylation is 3. The van der Waals surface area contributed by atoms with E-state index in [9.17, 15) is 9.59 Å². The number of hydrogen-bond acceptors (Lipinski definition) is 7. The topological polar surface area (TPSA) is 83.3 Å². The van der Waals surface area contributed by atoms with E-state index in [1.54, 1.807) is 16.0 Å². The number of benzene rings is 1. The SMILES string of the molecule is CC.COC(=O)c1csc2c(-c3cc(Cl)ccc3OCCn3c(C)nc4c(c3=O)CC(C)CC4)cc(C)nc12. The second-order valence-corrected chi connectivity index (χ2v) is 10.8. The number of carbonyl (C=O) groups excluding carboxylic acids is 1. The van der Waals surface area contributed by atoms with Gasteiger partial charge in [-0.2, -0.15) is 0 Å². The van der Waals surface area contributed by atoms with Crippen molar-refractivity contribution in [3.63, 3.8) is 0 Å². The summed E-state index contributed by atoms with van der Waals surface area (Å²) in [6, 6.07) is 7.42. The second-order valence-electron chi connectivity index (χ2n) is 9.51. The number of pyridine rings is 1. The Labute approximate surface area is 237 Å². The highest BCUT2D eigenvalue weighted by Crippen LogP contribution is 2.40. The van der Waals surface area contributed by atoms with Crippen LogP contribution in [0.4, 0.5) is 0 Å². The molecular weight excluding hydrogens is 534 g/mol. The van der Waals surface area contributed by atoms with E-state index in [2.05, 4.69) is 11.9 Å². The molecule has 0 radical (unpaired) electrons. The Hall–Kier alpha value is -3.23. The van der Waals surface area contributed by atoms with Gasteiger partial charge in [0.15, 0.2) is 0 Å². The fraction of sp³-hybridized carbons (Fsp3) is 0.400. The number of carbonyl (C=O) groups is 1. The highest BCUT2D eigenvalue weighted by Gasteiger charge is 2.22. The number of nitrogens with zero attached hydrogens (tertiary/aromatic N) is 3. The third-order valence-electron chi connectivity index (χ3n) is 6.83. The van der Waals surface area contributed by atoms with E-state index in [1.165, 1.54) is 18.4 Å². The molecule has 0 bridgehead atoms. The molecule has 7 nitrogen and oxygen atoms in total. The maximum absolute atomic E-state index is 13.2. The minimum Gasteiger partial charge on any atom is -0.491 e. The van der Waals surface area contributed by atoms with Gasteiger partial charge in [0.25, 0.3) is 5.56 Å². The molecule has 0 spiro atoms. The van der Waals surface area contributed by atoms with Gasteiger partial charge in [-0.25, -0.2) is 9.78 Å². The predicted molar refractivity (Wildman–Crippen MR) is 157 cm³/mol. The number of ether oxygens (including phenoxy) is 2. The van der Waals surface area contributed by atoms with Gasteiger partial charge in [-0.05, 0) is 63.3 Å². The van der Waals surface area contributed by atoms with Crippen LogP contribution in [0.1, 0.15) is 60.3 Å². The Kier molecular flexibility index (Phi) is 9.08. The third kappa shape index (κ3) is 5.87. The molecule has 9 heteroatoms. The summed E-state index contributed by atoms with van der Waals surface area (Å²) in [6.07, 6.45) is 2.70. The monoisotopic (exact) mass is 567 g/mol. The average molecular weight is 568 g/mol. The third-order valence-corrected chi connectivity index (χ3v) is 8.06. The van der Waals surface area contributed by atoms with Crippen LogP contribution in [0.5, 0.6) is 5.75 Å². The Morgan fingerprint density at radius 3 is 2.69 bits per heavy atom. The van der Waals surface area contributed by atoms with Crippen molar-refractivity contribution >= 4 is 39.1 Å². The molecule has 1 aliphatic rings. The maximum Gasteiger partial charge on any atom is 0.340 e. The molecule has 1 aliphatic carbocycles. The van der Waals surface area contributed by atoms with Crippen LogP contribution in [0.3, 0.4) is 0 Å². The Bertz CT molecular complexity index is 1580. The molecule has 1 unspecified atom stereocenters. The van der Waals surface area contributed by atoms with E-state index in [0.29, 0.717) is 40.1 Å². The first-order valence-corrected chi connectivity index (χ1v) is 14.5. The normalized spacial score (nSPS) is 14.4. The highest BCUT2D eigenvalue weighted by molar-refractivity contribution is 7.18. The number of rotatable bonds is 6. The quantitative estimate of drug-likeness (QED) is 0.238. The van der Waals surface area contributed by atoms with Crippen LogP contribution in [-0.4, -0.2) is 34.2 Å². The van der Waals surface area contributed by atoms with Crippen molar-refractivity contribution in [2.45, 2.75) is 60.4 Å². The summed E-state index contributed by atoms with van der Waals surface area (Å²) in [4.78, 5) is 34.8. The highest BCUT2D eigenvalue weighted by atomic mass is 35.5. The van der Waals surface area contributed by atoms with E-state index in [0.717, 1.165) is 52.0 Å². The predicted octanol–water partition coefficient (Wildman–Crippen LogP) is 6.81. The first-order chi connectivity index (χ1) is 18.8. The van der Waals surface area contributed by atoms with Crippen molar-refractivity contribution in [1.82, 2.24) is 14.5 Å². The molecule has 0 aliphatic heterocycles. The zero-order valence-corrected chi connectivity index (χ0v) is 24.8. The van der Waals surface area contributed by atoms with Crippen LogP contribution < -0.4 is 10.3 Å². The van der Waals surface area contributed by atoms with E-state index in [4.69, 9.17) is 26.1 Å². The molecule has 206 valence electrons. The number of fused-ring (bicyclic) bond motifs is 2. The number of halogens is 1. The second kappa shape index (κ2) is 12.3. The van der Waals surface area contributed by atoms with Gasteiger partial charge < -0.3 is 9.47 Å². The van der Waals surface area contributed by atoms with Crippen molar-refractivity contribution in [1.29, 1.82) is 0 Å². The number of esters is 1. The van der Waals surface area contributed by atoms with E-state index < -0.39 is 5.97 Å². The zero-order chi connectivity index (χ0) is 28.3. The minimum atomic E-state index is -0.424. The van der Waals surface area contributed by atoms with Crippen LogP contribution >= 0.6 is 22.9 Å². The largest absolute Gasteiger partial charge is 0.491 e. The molecule has 1 atom stereocenters. The fourth-order valence-corrected chi connectivity index (χ4v) is 6.12. The average Bonchev–Trinajstić information content (AvgIpc) is 3.35. The van der Waals surface area contributed by atoms with Crippen molar-refractivity contribution in [3.05, 3.63) is 73.4 Å². The van der Waals surface area contributed by atoms with Crippen LogP contribution in [-0.2, 0) is 24.1 Å². The minimum absolute atomic E-state index is 0.0365. The van der Waals surface area contributed by atoms with Gasteiger partial charge in [0.2, 0.25) is 0 Å². The molecule has 0 saturated carbocycles. The molecule has 3 aromatic heterocycles. The van der Waals surface area contributed by atoms with Crippen LogP contribution in [0.15, 0.2) is 34.4 Å². The van der Waals surface area contributed by atoms with E-state index in [-0.39, 0.29) is 12.2 Å². The number of aromatic nitrogens is 3. The standard InChI is InChI=1S/C28H28ClN3O4S.C2H6/c1-15-5-7-23-21(11-15)27(33)32(17(3)31-23)9-10-36-24-8-6-18(29)13-19(24)20-12-16(2)30-25-22(28(34)35-4)14-37-26(20)25;1-2/h6,8,12-15H,5,7,9-11H2,1-4H3;1-2H3. The molecule has 1 aromatic carbocycles. The van der Waals surface area contributed by atoms with Gasteiger partial charge in [0.1, 0.15) is 18.2 Å². The molecule has 0 fully saturated rings. The fourth-order valence-electron chi connectivity index (χ4n) is 4.94. The molecule has 3 heterocycles. The van der Waals surface area contributed by atoms with Gasteiger partial charge in [0.05, 0.1) is 35.1 Å². The molecule has 0 N–H and O–H groups in total. The summed E-state index contributed by atoms with van der Waals surface area (Å²) in [7, 11) is 1.36. The summed E-state index contributed by atoms with van der Waals surface area (Å²) in [5.41, 5.74) is 5.27. The summed E-state index contributed by atoms with van der Waals surface area (Å²) in [6.45, 7) is 10.6. The summed E-state index contributed by atoms with van der Waals surface area (Å²) < 4.78 is 13.7. The van der Waals surface area contributed by atoms with Crippen molar-refractivity contribution < 1.29 is 14.3 Å². The molecule has 39 heavy (non-hydrogen) atoms. The molecular formula is C30H34ClN3O4S. The molecule has 4 aromatic rings.